The van der Waals surface area contributed by atoms with Gasteiger partial charge in [-0.05, 0) is 77.9 Å². The van der Waals surface area contributed by atoms with E-state index in [1.807, 2.05) is 0 Å². The first-order chi connectivity index (χ1) is 19.3. The van der Waals surface area contributed by atoms with Gasteiger partial charge in [0.05, 0.1) is 30.0 Å². The van der Waals surface area contributed by atoms with Crippen LogP contribution in [0.1, 0.15) is 51.7 Å². The summed E-state index contributed by atoms with van der Waals surface area (Å²) < 4.78 is 30.8. The van der Waals surface area contributed by atoms with E-state index < -0.39 is 17.8 Å². The first-order valence-electron chi connectivity index (χ1n) is 12.5. The second-order valence-corrected chi connectivity index (χ2v) is 10.7. The summed E-state index contributed by atoms with van der Waals surface area (Å²) in [5, 5.41) is 6.71. The number of nitrogens with zero attached hydrogens (tertiary/aromatic N) is 1. The zero-order chi connectivity index (χ0) is 28.6. The van der Waals surface area contributed by atoms with Gasteiger partial charge in [0.25, 0.3) is 0 Å². The summed E-state index contributed by atoms with van der Waals surface area (Å²) in [6, 6.07) is 9.57. The fourth-order valence-corrected chi connectivity index (χ4v) is 6.02. The Hall–Kier alpha value is -3.77. The average Bonchev–Trinajstić information content (AvgIpc) is 3.31. The second kappa shape index (κ2) is 13.5. The van der Waals surface area contributed by atoms with E-state index in [2.05, 4.69) is 31.8 Å². The second-order valence-electron chi connectivity index (χ2n) is 8.70. The van der Waals surface area contributed by atoms with Crippen molar-refractivity contribution >= 4 is 56.3 Å². The molecule has 0 saturated heterocycles. The van der Waals surface area contributed by atoms with Crippen molar-refractivity contribution in [3.8, 4) is 11.5 Å². The number of ether oxygens (including phenoxy) is 3. The number of rotatable bonds is 9. The molecule has 0 unspecified atom stereocenters. The predicted octanol–water partition coefficient (Wildman–Crippen LogP) is 5.38. The molecule has 3 aromatic rings. The van der Waals surface area contributed by atoms with Crippen LogP contribution in [0.25, 0.3) is 0 Å². The number of esters is 1. The van der Waals surface area contributed by atoms with Crippen LogP contribution in [0.5, 0.6) is 11.5 Å². The van der Waals surface area contributed by atoms with Gasteiger partial charge in [0, 0.05) is 10.4 Å². The number of methoxy groups -OCH3 is 1. The van der Waals surface area contributed by atoms with Gasteiger partial charge in [0.1, 0.15) is 17.4 Å². The summed E-state index contributed by atoms with van der Waals surface area (Å²) in [5.41, 5.74) is 4.30. The van der Waals surface area contributed by atoms with Crippen molar-refractivity contribution < 1.29 is 33.0 Å². The summed E-state index contributed by atoms with van der Waals surface area (Å²) in [6.07, 6.45) is 4.80. The largest absolute Gasteiger partial charge is 0.493 e. The van der Waals surface area contributed by atoms with Crippen LogP contribution in [0.4, 0.5) is 9.39 Å². The summed E-state index contributed by atoms with van der Waals surface area (Å²) in [4.78, 5) is 38.6. The molecule has 1 aromatic heterocycles. The first kappa shape index (κ1) is 29.2. The van der Waals surface area contributed by atoms with Gasteiger partial charge >= 0.3 is 17.8 Å². The number of fused-ring (bicyclic) bond motifs is 1. The van der Waals surface area contributed by atoms with Gasteiger partial charge in [-0.3, -0.25) is 9.59 Å². The fourth-order valence-electron chi connectivity index (χ4n) is 4.17. The minimum atomic E-state index is -1.01. The third-order valence-corrected chi connectivity index (χ3v) is 7.84. The van der Waals surface area contributed by atoms with Crippen molar-refractivity contribution in [2.45, 2.75) is 39.2 Å². The molecule has 12 heteroatoms. The standard InChI is InChI=1S/C28H27BrFN3O6S/c1-3-38-28(36)23-18-9-5-7-11-22(18)40-27(23)32-25(34)26(35)33-31-14-16-12-19(29)24(21(13-16)37-2)39-15-17-8-4-6-10-20(17)30/h4,6,8,10,12-14H,3,5,7,9,11,15H2,1-2H3,(H,32,34)(H,33,35)/b31-14+. The van der Waals surface area contributed by atoms with Crippen molar-refractivity contribution in [2.75, 3.05) is 19.0 Å². The number of carbonyl (C=O) groups excluding carboxylic acids is 3. The van der Waals surface area contributed by atoms with E-state index >= 15 is 0 Å². The molecule has 0 radical (unpaired) electrons. The number of amides is 2. The maximum absolute atomic E-state index is 13.9. The molecule has 9 nitrogen and oxygen atoms in total. The Labute approximate surface area is 242 Å². The Bertz CT molecular complexity index is 1460. The quantitative estimate of drug-likeness (QED) is 0.142. The molecule has 1 aliphatic carbocycles. The highest BCUT2D eigenvalue weighted by atomic mass is 79.9. The lowest BCUT2D eigenvalue weighted by molar-refractivity contribution is -0.136. The minimum absolute atomic E-state index is 0.00859. The zero-order valence-corrected chi connectivity index (χ0v) is 24.2. The fraction of sp³-hybridized carbons (Fsp3) is 0.286. The molecular formula is C28H27BrFN3O6S. The molecule has 4 rings (SSSR count). The number of nitrogens with one attached hydrogen (secondary N) is 2. The van der Waals surface area contributed by atoms with Crippen molar-refractivity contribution in [1.82, 2.24) is 5.43 Å². The summed E-state index contributed by atoms with van der Waals surface area (Å²) >= 11 is 4.71. The van der Waals surface area contributed by atoms with E-state index in [-0.39, 0.29) is 19.0 Å². The molecule has 210 valence electrons. The van der Waals surface area contributed by atoms with Crippen LogP contribution in [0, 0.1) is 5.82 Å². The maximum Gasteiger partial charge on any atom is 0.341 e. The lowest BCUT2D eigenvalue weighted by Crippen LogP contribution is -2.32. The molecule has 0 bridgehead atoms. The Morgan fingerprint density at radius 2 is 1.93 bits per heavy atom. The molecule has 0 aliphatic heterocycles. The molecule has 2 aromatic carbocycles. The van der Waals surface area contributed by atoms with Crippen molar-refractivity contribution in [1.29, 1.82) is 0 Å². The van der Waals surface area contributed by atoms with Gasteiger partial charge in [-0.15, -0.1) is 11.3 Å². The minimum Gasteiger partial charge on any atom is -0.493 e. The van der Waals surface area contributed by atoms with Crippen molar-refractivity contribution in [3.05, 3.63) is 73.8 Å². The third kappa shape index (κ3) is 6.86. The number of hydrogen-bond acceptors (Lipinski definition) is 8. The smallest absolute Gasteiger partial charge is 0.341 e. The summed E-state index contributed by atoms with van der Waals surface area (Å²) in [6.45, 7) is 1.90. The topological polar surface area (TPSA) is 115 Å². The van der Waals surface area contributed by atoms with Gasteiger partial charge in [0.2, 0.25) is 0 Å². The SMILES string of the molecule is CCOC(=O)c1c(NC(=O)C(=O)N/N=C/c2cc(Br)c(OCc3ccccc3F)c(OC)c2)sc2c1CCCC2. The lowest BCUT2D eigenvalue weighted by Gasteiger charge is -2.14. The molecule has 0 atom stereocenters. The normalized spacial score (nSPS) is 12.5. The maximum atomic E-state index is 13.9. The van der Waals surface area contributed by atoms with Crippen LogP contribution in [0.2, 0.25) is 0 Å². The highest BCUT2D eigenvalue weighted by Crippen LogP contribution is 2.39. The molecular weight excluding hydrogens is 605 g/mol. The van der Waals surface area contributed by atoms with Crippen molar-refractivity contribution in [2.24, 2.45) is 5.10 Å². The Balaban J connectivity index is 1.41. The van der Waals surface area contributed by atoms with E-state index in [1.165, 1.54) is 30.7 Å². The first-order valence-corrected chi connectivity index (χ1v) is 14.1. The predicted molar refractivity (Wildman–Crippen MR) is 153 cm³/mol. The van der Waals surface area contributed by atoms with E-state index in [0.717, 1.165) is 36.1 Å². The molecule has 0 fully saturated rings. The van der Waals surface area contributed by atoms with Gasteiger partial charge in [-0.1, -0.05) is 18.2 Å². The monoisotopic (exact) mass is 631 g/mol. The number of hydrogen-bond donors (Lipinski definition) is 2. The van der Waals surface area contributed by atoms with Crippen LogP contribution in [-0.4, -0.2) is 37.7 Å². The number of aryl methyl sites for hydroxylation is 1. The third-order valence-electron chi connectivity index (χ3n) is 6.05. The molecule has 2 amide bonds. The van der Waals surface area contributed by atoms with Crippen LogP contribution in [-0.2, 0) is 33.8 Å². The number of anilines is 1. The molecule has 1 aliphatic rings. The van der Waals surface area contributed by atoms with E-state index in [1.54, 1.807) is 37.3 Å². The summed E-state index contributed by atoms with van der Waals surface area (Å²) in [5.74, 6) is -2.15. The molecule has 0 saturated carbocycles. The zero-order valence-electron chi connectivity index (χ0n) is 21.8. The number of benzene rings is 2. The van der Waals surface area contributed by atoms with E-state index in [9.17, 15) is 18.8 Å². The van der Waals surface area contributed by atoms with E-state index in [0.29, 0.717) is 37.7 Å². The number of carbonyl (C=O) groups is 3. The van der Waals surface area contributed by atoms with Crippen LogP contribution >= 0.6 is 27.3 Å². The highest BCUT2D eigenvalue weighted by Gasteiger charge is 2.28. The van der Waals surface area contributed by atoms with Gasteiger partial charge in [-0.25, -0.2) is 14.6 Å². The average molecular weight is 633 g/mol. The van der Waals surface area contributed by atoms with Crippen LogP contribution in [0.15, 0.2) is 46.0 Å². The van der Waals surface area contributed by atoms with Gasteiger partial charge < -0.3 is 19.5 Å². The number of halogens is 2. The number of thiophene rings is 1. The van der Waals surface area contributed by atoms with Gasteiger partial charge in [-0.2, -0.15) is 5.10 Å². The van der Waals surface area contributed by atoms with Crippen LogP contribution in [0.3, 0.4) is 0 Å². The molecule has 40 heavy (non-hydrogen) atoms. The molecule has 0 spiro atoms. The lowest BCUT2D eigenvalue weighted by atomic mass is 9.95. The van der Waals surface area contributed by atoms with Gasteiger partial charge in [0.15, 0.2) is 11.5 Å². The van der Waals surface area contributed by atoms with E-state index in [4.69, 9.17) is 14.2 Å². The number of hydrazone groups is 1. The van der Waals surface area contributed by atoms with Crippen molar-refractivity contribution in [3.63, 3.8) is 0 Å². The Morgan fingerprint density at radius 1 is 1.15 bits per heavy atom. The summed E-state index contributed by atoms with van der Waals surface area (Å²) in [7, 11) is 1.46. The highest BCUT2D eigenvalue weighted by molar-refractivity contribution is 9.10. The Kier molecular flexibility index (Phi) is 9.88. The molecule has 2 N–H and O–H groups in total. The molecule has 1 heterocycles. The Morgan fingerprint density at radius 3 is 2.67 bits per heavy atom. The van der Waals surface area contributed by atoms with Crippen LogP contribution < -0.4 is 20.2 Å².